The molecule has 12 heteroatoms. The zero-order chi connectivity index (χ0) is 23.7. The zero-order valence-electron chi connectivity index (χ0n) is 18.0. The van der Waals surface area contributed by atoms with Crippen LogP contribution in [0.5, 0.6) is 0 Å². The molecule has 0 aromatic rings. The summed E-state index contributed by atoms with van der Waals surface area (Å²) in [5.41, 5.74) is -0.774. The number of hydroxylamine groups is 2. The summed E-state index contributed by atoms with van der Waals surface area (Å²) in [4.78, 5) is 55.4. The third-order valence-corrected chi connectivity index (χ3v) is 6.07. The second-order valence-corrected chi connectivity index (χ2v) is 8.96. The van der Waals surface area contributed by atoms with Crippen molar-refractivity contribution < 1.29 is 37.5 Å². The van der Waals surface area contributed by atoms with Crippen molar-refractivity contribution in [3.63, 3.8) is 0 Å². The van der Waals surface area contributed by atoms with Gasteiger partial charge in [0.25, 0.3) is 17.7 Å². The molecule has 0 aromatic carbocycles. The first-order chi connectivity index (χ1) is 14.9. The van der Waals surface area contributed by atoms with E-state index < -0.39 is 53.9 Å². The lowest BCUT2D eigenvalue weighted by atomic mass is 9.89. The Balaban J connectivity index is 1.51. The van der Waals surface area contributed by atoms with Crippen LogP contribution in [0.2, 0.25) is 0 Å². The summed E-state index contributed by atoms with van der Waals surface area (Å²) in [6, 6.07) is 1.97. The molecule has 0 aliphatic carbocycles. The Bertz CT molecular complexity index is 826. The van der Waals surface area contributed by atoms with Gasteiger partial charge in [-0.2, -0.15) is 5.26 Å². The van der Waals surface area contributed by atoms with Gasteiger partial charge in [-0.05, 0) is 20.3 Å². The quantitative estimate of drug-likeness (QED) is 0.435. The van der Waals surface area contributed by atoms with Crippen LogP contribution in [0.3, 0.4) is 0 Å². The molecule has 3 rings (SSSR count). The average molecular weight is 456 g/mol. The van der Waals surface area contributed by atoms with Gasteiger partial charge in [0.1, 0.15) is 12.0 Å². The molecule has 10 nitrogen and oxygen atoms in total. The number of imide groups is 1. The molecule has 32 heavy (non-hydrogen) atoms. The van der Waals surface area contributed by atoms with Gasteiger partial charge in [-0.1, -0.05) is 5.06 Å². The van der Waals surface area contributed by atoms with Gasteiger partial charge in [0.05, 0.1) is 19.2 Å². The van der Waals surface area contributed by atoms with Crippen molar-refractivity contribution in [1.82, 2.24) is 14.9 Å². The number of rotatable bonds is 6. The summed E-state index contributed by atoms with van der Waals surface area (Å²) in [6.07, 6.45) is -1.90. The fraction of sp³-hybridized carbons (Fsp3) is 0.750. The lowest BCUT2D eigenvalue weighted by Crippen LogP contribution is -2.47. The molecule has 2 atom stereocenters. The van der Waals surface area contributed by atoms with Crippen molar-refractivity contribution >= 4 is 23.9 Å². The predicted octanol–water partition coefficient (Wildman–Crippen LogP) is 1.45. The molecule has 176 valence electrons. The number of hydrogen-bond acceptors (Lipinski definition) is 8. The van der Waals surface area contributed by atoms with Gasteiger partial charge in [-0.15, -0.1) is 0 Å². The Labute approximate surface area is 183 Å². The van der Waals surface area contributed by atoms with E-state index in [-0.39, 0.29) is 45.3 Å². The Morgan fingerprint density at radius 2 is 1.91 bits per heavy atom. The number of halogens is 2. The highest BCUT2D eigenvalue weighted by Crippen LogP contribution is 2.35. The van der Waals surface area contributed by atoms with E-state index in [0.29, 0.717) is 11.5 Å². The maximum absolute atomic E-state index is 13.6. The summed E-state index contributed by atoms with van der Waals surface area (Å²) in [5.74, 6) is -5.54. The summed E-state index contributed by atoms with van der Waals surface area (Å²) >= 11 is 0. The number of hydrogen-bond donors (Lipinski definition) is 0. The van der Waals surface area contributed by atoms with Crippen LogP contribution in [-0.4, -0.2) is 82.5 Å². The van der Waals surface area contributed by atoms with Gasteiger partial charge < -0.3 is 9.64 Å². The molecule has 0 aromatic heterocycles. The van der Waals surface area contributed by atoms with Crippen LogP contribution in [-0.2, 0) is 24.0 Å². The van der Waals surface area contributed by atoms with Crippen molar-refractivity contribution in [3.8, 4) is 6.07 Å². The second kappa shape index (κ2) is 8.97. The average Bonchev–Trinajstić information content (AvgIpc) is 3.41. The van der Waals surface area contributed by atoms with Crippen LogP contribution < -0.4 is 0 Å². The van der Waals surface area contributed by atoms with E-state index >= 15 is 0 Å². The molecule has 0 spiro atoms. The number of nitriles is 1. The molecule has 3 fully saturated rings. The van der Waals surface area contributed by atoms with Crippen LogP contribution in [0.25, 0.3) is 0 Å². The fourth-order valence-electron chi connectivity index (χ4n) is 4.20. The fourth-order valence-corrected chi connectivity index (χ4v) is 4.20. The standard InChI is InChI=1S/C20H26F2N4O6/c1-19(2,25-8-6-20(21,22)12-25)9-13(10-23)17(29)24-7-5-14(11-24)31-18(30)32-26-15(27)3-4-16(26)28/h13-14H,3-9,11-12H2,1-2H3/t13?,14-/m0/s1. The minimum absolute atomic E-state index is 0.0240. The van der Waals surface area contributed by atoms with Gasteiger partial charge in [-0.25, -0.2) is 13.6 Å². The van der Waals surface area contributed by atoms with Crippen molar-refractivity contribution in [2.45, 2.75) is 63.5 Å². The van der Waals surface area contributed by atoms with Gasteiger partial charge in [0.15, 0.2) is 0 Å². The first-order valence-corrected chi connectivity index (χ1v) is 10.5. The zero-order valence-corrected chi connectivity index (χ0v) is 18.0. The number of likely N-dealkylation sites (tertiary alicyclic amines) is 2. The summed E-state index contributed by atoms with van der Waals surface area (Å²) in [7, 11) is 0. The van der Waals surface area contributed by atoms with E-state index in [2.05, 4.69) is 4.84 Å². The van der Waals surface area contributed by atoms with E-state index in [1.807, 2.05) is 6.07 Å². The summed E-state index contributed by atoms with van der Waals surface area (Å²) < 4.78 is 32.3. The number of alkyl halides is 2. The third-order valence-electron chi connectivity index (χ3n) is 6.07. The van der Waals surface area contributed by atoms with E-state index in [4.69, 9.17) is 4.74 Å². The van der Waals surface area contributed by atoms with Crippen molar-refractivity contribution in [3.05, 3.63) is 0 Å². The SMILES string of the molecule is CC(C)(CC(C#N)C(=O)N1CC[C@H](OC(=O)ON2C(=O)CCC2=O)C1)N1CCC(F)(F)C1. The monoisotopic (exact) mass is 456 g/mol. The Morgan fingerprint density at radius 1 is 1.25 bits per heavy atom. The number of carbonyl (C=O) groups excluding carboxylic acids is 4. The minimum Gasteiger partial charge on any atom is -0.427 e. The minimum atomic E-state index is -2.78. The molecule has 3 aliphatic rings. The molecule has 1 unspecified atom stereocenters. The molecule has 3 aliphatic heterocycles. The number of nitrogens with zero attached hydrogens (tertiary/aromatic N) is 4. The van der Waals surface area contributed by atoms with Gasteiger partial charge in [-0.3, -0.25) is 24.1 Å². The molecular formula is C20H26F2N4O6. The first-order valence-electron chi connectivity index (χ1n) is 10.5. The highest BCUT2D eigenvalue weighted by Gasteiger charge is 2.45. The highest BCUT2D eigenvalue weighted by atomic mass is 19.3. The van der Waals surface area contributed by atoms with Crippen LogP contribution in [0.15, 0.2) is 0 Å². The Kier molecular flexibility index (Phi) is 6.69. The number of carbonyl (C=O) groups is 4. The molecule has 0 bridgehead atoms. The maximum atomic E-state index is 13.6. The van der Waals surface area contributed by atoms with Crippen molar-refractivity contribution in [2.24, 2.45) is 5.92 Å². The van der Waals surface area contributed by atoms with Gasteiger partial charge in [0.2, 0.25) is 5.91 Å². The van der Waals surface area contributed by atoms with Gasteiger partial charge in [0, 0.05) is 44.3 Å². The van der Waals surface area contributed by atoms with Crippen molar-refractivity contribution in [2.75, 3.05) is 26.2 Å². The molecule has 0 N–H and O–H groups in total. The Morgan fingerprint density at radius 3 is 2.47 bits per heavy atom. The Hall–Kier alpha value is -2.81. The first kappa shape index (κ1) is 23.8. The lowest BCUT2D eigenvalue weighted by molar-refractivity contribution is -0.178. The van der Waals surface area contributed by atoms with Crippen LogP contribution >= 0.6 is 0 Å². The largest absolute Gasteiger partial charge is 0.534 e. The highest BCUT2D eigenvalue weighted by molar-refractivity contribution is 6.01. The molecule has 3 saturated heterocycles. The predicted molar refractivity (Wildman–Crippen MR) is 103 cm³/mol. The lowest BCUT2D eigenvalue weighted by Gasteiger charge is -2.37. The van der Waals surface area contributed by atoms with Gasteiger partial charge >= 0.3 is 6.16 Å². The maximum Gasteiger partial charge on any atom is 0.534 e. The van der Waals surface area contributed by atoms with Crippen LogP contribution in [0, 0.1) is 17.2 Å². The van der Waals surface area contributed by atoms with Crippen molar-refractivity contribution in [1.29, 1.82) is 5.26 Å². The topological polar surface area (TPSA) is 120 Å². The smallest absolute Gasteiger partial charge is 0.427 e. The third kappa shape index (κ3) is 5.32. The summed E-state index contributed by atoms with van der Waals surface area (Å²) in [5, 5.41) is 9.92. The van der Waals surface area contributed by atoms with Crippen LogP contribution in [0.4, 0.5) is 13.6 Å². The van der Waals surface area contributed by atoms with E-state index in [0.717, 1.165) is 0 Å². The van der Waals surface area contributed by atoms with E-state index in [1.54, 1.807) is 18.7 Å². The van der Waals surface area contributed by atoms with E-state index in [1.165, 1.54) is 4.90 Å². The molecule has 3 heterocycles. The second-order valence-electron chi connectivity index (χ2n) is 8.96. The molecular weight excluding hydrogens is 430 g/mol. The summed E-state index contributed by atoms with van der Waals surface area (Å²) in [6.45, 7) is 3.51. The molecule has 3 amide bonds. The van der Waals surface area contributed by atoms with Crippen LogP contribution in [0.1, 0.15) is 46.0 Å². The normalized spacial score (nSPS) is 24.5. The molecule has 0 radical (unpaired) electrons. The number of ether oxygens (including phenoxy) is 1. The number of amides is 3. The van der Waals surface area contributed by atoms with E-state index in [9.17, 15) is 33.2 Å². The molecule has 0 saturated carbocycles.